The maximum absolute atomic E-state index is 12.8. The Balaban J connectivity index is 4.32. The average Bonchev–Trinajstić information content (AvgIpc) is 3.26. The number of esters is 3. The Kier molecular flexibility index (Phi) is 48.3. The summed E-state index contributed by atoms with van der Waals surface area (Å²) in [5, 5.41) is 0. The third-order valence-corrected chi connectivity index (χ3v) is 11.6. The van der Waals surface area contributed by atoms with Crippen LogP contribution >= 0.6 is 0 Å². The molecule has 0 aliphatic heterocycles. The van der Waals surface area contributed by atoms with E-state index in [1.165, 1.54) is 161 Å². The van der Waals surface area contributed by atoms with E-state index in [2.05, 4.69) is 57.2 Å². The topological polar surface area (TPSA) is 78.9 Å². The highest BCUT2D eigenvalue weighted by Gasteiger charge is 2.19. The molecule has 1 atom stereocenters. The van der Waals surface area contributed by atoms with Crippen LogP contribution in [0.1, 0.15) is 278 Å². The van der Waals surface area contributed by atoms with Gasteiger partial charge in [0.2, 0.25) is 0 Å². The van der Waals surface area contributed by atoms with Gasteiger partial charge < -0.3 is 14.2 Å². The molecule has 0 spiro atoms. The second kappa shape index (κ2) is 50.3. The third-order valence-electron chi connectivity index (χ3n) is 11.6. The van der Waals surface area contributed by atoms with E-state index in [0.717, 1.165) is 77.0 Å². The number of rotatable bonds is 48. The number of hydrogen-bond acceptors (Lipinski definition) is 6. The molecule has 0 aromatic rings. The van der Waals surface area contributed by atoms with Crippen molar-refractivity contribution in [3.8, 4) is 0 Å². The van der Waals surface area contributed by atoms with Crippen LogP contribution in [0.5, 0.6) is 0 Å². The normalized spacial score (nSPS) is 12.2. The lowest BCUT2D eigenvalue weighted by atomic mass is 10.1. The van der Waals surface area contributed by atoms with E-state index in [1.54, 1.807) is 0 Å². The van der Waals surface area contributed by atoms with E-state index >= 15 is 0 Å². The van der Waals surface area contributed by atoms with Crippen LogP contribution in [0.3, 0.4) is 0 Å². The molecule has 356 valence electrons. The molecule has 1 unspecified atom stereocenters. The molecule has 0 radical (unpaired) electrons. The largest absolute Gasteiger partial charge is 0.462 e. The third kappa shape index (κ3) is 48.5. The van der Waals surface area contributed by atoms with Crippen LogP contribution in [-0.2, 0) is 28.6 Å². The zero-order chi connectivity index (χ0) is 44.4. The zero-order valence-corrected chi connectivity index (χ0v) is 40.7. The Bertz CT molecular complexity index is 1030. The number of carbonyl (C=O) groups is 3. The smallest absolute Gasteiger partial charge is 0.306 e. The van der Waals surface area contributed by atoms with Crippen LogP contribution in [0.25, 0.3) is 0 Å². The number of hydrogen-bond donors (Lipinski definition) is 0. The van der Waals surface area contributed by atoms with E-state index < -0.39 is 6.10 Å². The molecule has 0 rings (SSSR count). The summed E-state index contributed by atoms with van der Waals surface area (Å²) in [6.45, 7) is 6.59. The predicted octanol–water partition coefficient (Wildman–Crippen LogP) is 17.3. The van der Waals surface area contributed by atoms with Crippen LogP contribution in [0.15, 0.2) is 36.5 Å². The Labute approximate surface area is 378 Å². The maximum atomic E-state index is 12.8. The van der Waals surface area contributed by atoms with Crippen molar-refractivity contribution in [2.75, 3.05) is 13.2 Å². The number of ether oxygens (including phenoxy) is 3. The lowest BCUT2D eigenvalue weighted by Gasteiger charge is -2.18. The molecule has 0 aromatic carbocycles. The van der Waals surface area contributed by atoms with E-state index in [4.69, 9.17) is 14.2 Å². The molecular weight excluding hydrogens is 757 g/mol. The Morgan fingerprint density at radius 2 is 0.557 bits per heavy atom. The highest BCUT2D eigenvalue weighted by molar-refractivity contribution is 5.71. The van der Waals surface area contributed by atoms with Gasteiger partial charge in [0.25, 0.3) is 0 Å². The van der Waals surface area contributed by atoms with Crippen LogP contribution in [-0.4, -0.2) is 37.2 Å². The van der Waals surface area contributed by atoms with Crippen molar-refractivity contribution in [1.82, 2.24) is 0 Å². The van der Waals surface area contributed by atoms with Gasteiger partial charge in [-0.25, -0.2) is 0 Å². The van der Waals surface area contributed by atoms with E-state index in [9.17, 15) is 14.4 Å². The summed E-state index contributed by atoms with van der Waals surface area (Å²) < 4.78 is 16.8. The van der Waals surface area contributed by atoms with Crippen LogP contribution in [0.4, 0.5) is 0 Å². The van der Waals surface area contributed by atoms with Gasteiger partial charge >= 0.3 is 17.9 Å². The van der Waals surface area contributed by atoms with E-state index in [-0.39, 0.29) is 31.1 Å². The highest BCUT2D eigenvalue weighted by Crippen LogP contribution is 2.15. The molecule has 0 saturated carbocycles. The lowest BCUT2D eigenvalue weighted by molar-refractivity contribution is -0.167. The highest BCUT2D eigenvalue weighted by atomic mass is 16.6. The van der Waals surface area contributed by atoms with Gasteiger partial charge in [0.1, 0.15) is 13.2 Å². The molecule has 0 aliphatic carbocycles. The minimum atomic E-state index is -0.782. The second-order valence-electron chi connectivity index (χ2n) is 17.8. The van der Waals surface area contributed by atoms with Gasteiger partial charge in [0.15, 0.2) is 6.10 Å². The molecule has 0 fully saturated rings. The SMILES string of the molecule is CCCC/C=C\CCCCCCCC(=O)OCC(COC(=O)CCCCCCCCC/C=C\CCCCCCCCCC)OC(=O)CCCCC/C=C\CCCCCCCC. The Morgan fingerprint density at radius 3 is 0.885 bits per heavy atom. The molecule has 6 nitrogen and oxygen atoms in total. The minimum Gasteiger partial charge on any atom is -0.462 e. The second-order valence-corrected chi connectivity index (χ2v) is 17.8. The number of unbranched alkanes of at least 4 members (excludes halogenated alkanes) is 31. The van der Waals surface area contributed by atoms with Gasteiger partial charge in [0.05, 0.1) is 0 Å². The molecular formula is C55H100O6. The first-order chi connectivity index (χ1) is 30.0. The molecule has 0 heterocycles. The predicted molar refractivity (Wildman–Crippen MR) is 261 cm³/mol. The van der Waals surface area contributed by atoms with Crippen molar-refractivity contribution in [2.24, 2.45) is 0 Å². The average molecular weight is 857 g/mol. The Morgan fingerprint density at radius 1 is 0.311 bits per heavy atom. The Hall–Kier alpha value is -2.37. The van der Waals surface area contributed by atoms with Gasteiger partial charge in [-0.3, -0.25) is 14.4 Å². The van der Waals surface area contributed by atoms with Crippen molar-refractivity contribution < 1.29 is 28.6 Å². The van der Waals surface area contributed by atoms with Crippen molar-refractivity contribution in [1.29, 1.82) is 0 Å². The molecule has 6 heteroatoms. The fourth-order valence-electron chi connectivity index (χ4n) is 7.53. The summed E-state index contributed by atoms with van der Waals surface area (Å²) in [4.78, 5) is 37.9. The molecule has 0 saturated heterocycles. The standard InChI is InChI=1S/C55H100O6/c1-4-7-10-13-16-19-22-24-25-26-27-28-29-31-33-36-39-42-45-48-54(57)60-51-52(50-59-53(56)47-44-41-38-35-32-21-18-15-12-9-6-3)61-55(58)49-46-43-40-37-34-30-23-20-17-14-11-8-5-2/h15,18,26-27,30,34,52H,4-14,16-17,19-25,28-29,31-33,35-51H2,1-3H3/b18-15-,27-26-,34-30-. The first-order valence-corrected chi connectivity index (χ1v) is 26.5. The van der Waals surface area contributed by atoms with Crippen LogP contribution in [0.2, 0.25) is 0 Å². The van der Waals surface area contributed by atoms with Gasteiger partial charge in [0, 0.05) is 19.3 Å². The lowest BCUT2D eigenvalue weighted by Crippen LogP contribution is -2.30. The summed E-state index contributed by atoms with van der Waals surface area (Å²) in [6.07, 6.45) is 58.5. The maximum Gasteiger partial charge on any atom is 0.306 e. The summed E-state index contributed by atoms with van der Waals surface area (Å²) in [5.41, 5.74) is 0. The first-order valence-electron chi connectivity index (χ1n) is 26.5. The zero-order valence-electron chi connectivity index (χ0n) is 40.7. The van der Waals surface area contributed by atoms with E-state index in [0.29, 0.717) is 19.3 Å². The molecule has 0 bridgehead atoms. The quantitative estimate of drug-likeness (QED) is 0.0262. The number of allylic oxidation sites excluding steroid dienone is 6. The molecule has 0 amide bonds. The summed E-state index contributed by atoms with van der Waals surface area (Å²) >= 11 is 0. The molecule has 61 heavy (non-hydrogen) atoms. The first kappa shape index (κ1) is 58.6. The van der Waals surface area contributed by atoms with Crippen molar-refractivity contribution >= 4 is 17.9 Å². The van der Waals surface area contributed by atoms with Gasteiger partial charge in [-0.2, -0.15) is 0 Å². The van der Waals surface area contributed by atoms with Gasteiger partial charge in [-0.05, 0) is 89.9 Å². The van der Waals surface area contributed by atoms with Gasteiger partial charge in [-0.15, -0.1) is 0 Å². The monoisotopic (exact) mass is 857 g/mol. The summed E-state index contributed by atoms with van der Waals surface area (Å²) in [5.74, 6) is -0.904. The fraction of sp³-hybridized carbons (Fsp3) is 0.836. The molecule has 0 N–H and O–H groups in total. The summed E-state index contributed by atoms with van der Waals surface area (Å²) in [7, 11) is 0. The summed E-state index contributed by atoms with van der Waals surface area (Å²) in [6, 6.07) is 0. The fourth-order valence-corrected chi connectivity index (χ4v) is 7.53. The van der Waals surface area contributed by atoms with Crippen LogP contribution in [0, 0.1) is 0 Å². The van der Waals surface area contributed by atoms with Crippen LogP contribution < -0.4 is 0 Å². The van der Waals surface area contributed by atoms with Crippen molar-refractivity contribution in [3.05, 3.63) is 36.5 Å². The van der Waals surface area contributed by atoms with Gasteiger partial charge in [-0.1, -0.05) is 205 Å². The van der Waals surface area contributed by atoms with Crippen molar-refractivity contribution in [2.45, 2.75) is 284 Å². The minimum absolute atomic E-state index is 0.0816. The van der Waals surface area contributed by atoms with Crippen molar-refractivity contribution in [3.63, 3.8) is 0 Å². The molecule has 0 aliphatic rings. The molecule has 0 aromatic heterocycles. The number of carbonyl (C=O) groups excluding carboxylic acids is 3. The van der Waals surface area contributed by atoms with E-state index in [1.807, 2.05) is 0 Å².